The predicted molar refractivity (Wildman–Crippen MR) is 74.9 cm³/mol. The monoisotopic (exact) mass is 268 g/mol. The van der Waals surface area contributed by atoms with Crippen molar-refractivity contribution in [3.63, 3.8) is 0 Å². The van der Waals surface area contributed by atoms with E-state index in [1.165, 1.54) is 12.1 Å². The number of hydrogen-bond acceptors (Lipinski definition) is 2. The number of carbonyl (C=O) groups excluding carboxylic acids is 1. The molecule has 0 bridgehead atoms. The molecule has 2 aromatic carbocycles. The van der Waals surface area contributed by atoms with Gasteiger partial charge in [0.1, 0.15) is 5.82 Å². The number of aryl methyl sites for hydroxylation is 1. The highest BCUT2D eigenvalue weighted by Crippen LogP contribution is 2.18. The summed E-state index contributed by atoms with van der Waals surface area (Å²) in [5.41, 5.74) is 1.71. The zero-order valence-electron chi connectivity index (χ0n) is 11.0. The number of nitrogens with one attached hydrogen (secondary N) is 1. The number of amides is 1. The lowest BCUT2D eigenvalue weighted by atomic mass is 10.0. The first kappa shape index (κ1) is 13.8. The Kier molecular flexibility index (Phi) is 4.11. The van der Waals surface area contributed by atoms with Gasteiger partial charge in [-0.15, -0.1) is 0 Å². The first-order chi connectivity index (χ1) is 9.65. The summed E-state index contributed by atoms with van der Waals surface area (Å²) in [7, 11) is 0. The molecule has 0 spiro atoms. The van der Waals surface area contributed by atoms with E-state index in [9.17, 15) is 9.18 Å². The van der Waals surface area contributed by atoms with E-state index in [0.717, 1.165) is 18.1 Å². The lowest BCUT2D eigenvalue weighted by molar-refractivity contribution is 0.102. The van der Waals surface area contributed by atoms with Crippen LogP contribution in [0.1, 0.15) is 28.4 Å². The van der Waals surface area contributed by atoms with Gasteiger partial charge in [0.2, 0.25) is 0 Å². The molecule has 2 aromatic rings. The van der Waals surface area contributed by atoms with E-state index in [4.69, 9.17) is 5.26 Å². The number of carbonyl (C=O) groups is 1. The van der Waals surface area contributed by atoms with Gasteiger partial charge in [0.25, 0.3) is 5.91 Å². The fraction of sp³-hybridized carbons (Fsp3) is 0.125. The van der Waals surface area contributed by atoms with E-state index >= 15 is 0 Å². The third-order valence-electron chi connectivity index (χ3n) is 2.99. The average Bonchev–Trinajstić information content (AvgIpc) is 2.49. The van der Waals surface area contributed by atoms with Crippen molar-refractivity contribution in [1.29, 1.82) is 5.26 Å². The van der Waals surface area contributed by atoms with Gasteiger partial charge in [-0.05, 0) is 36.2 Å². The van der Waals surface area contributed by atoms with Gasteiger partial charge in [0, 0.05) is 5.56 Å². The van der Waals surface area contributed by atoms with Crippen molar-refractivity contribution in [3.8, 4) is 6.07 Å². The maximum absolute atomic E-state index is 13.7. The second kappa shape index (κ2) is 5.98. The summed E-state index contributed by atoms with van der Waals surface area (Å²) in [6.45, 7) is 1.95. The van der Waals surface area contributed by atoms with E-state index in [0.29, 0.717) is 5.56 Å². The Labute approximate surface area is 116 Å². The number of halogens is 1. The molecule has 1 N–H and O–H groups in total. The Bertz CT molecular complexity index is 689. The van der Waals surface area contributed by atoms with E-state index in [1.807, 2.05) is 25.1 Å². The number of nitrogens with zero attached hydrogens (tertiary/aromatic N) is 1. The van der Waals surface area contributed by atoms with Crippen LogP contribution in [-0.4, -0.2) is 5.91 Å². The number of rotatable bonds is 3. The Morgan fingerprint density at radius 2 is 2.05 bits per heavy atom. The maximum atomic E-state index is 13.7. The summed E-state index contributed by atoms with van der Waals surface area (Å²) in [6, 6.07) is 13.0. The van der Waals surface area contributed by atoms with Gasteiger partial charge >= 0.3 is 0 Å². The Balaban J connectivity index is 2.26. The fourth-order valence-electron chi connectivity index (χ4n) is 1.93. The van der Waals surface area contributed by atoms with Gasteiger partial charge in [-0.3, -0.25) is 4.79 Å². The van der Waals surface area contributed by atoms with Crippen LogP contribution in [0.25, 0.3) is 0 Å². The van der Waals surface area contributed by atoms with E-state index in [1.54, 1.807) is 12.1 Å². The van der Waals surface area contributed by atoms with E-state index < -0.39 is 5.82 Å². The third-order valence-corrected chi connectivity index (χ3v) is 2.99. The standard InChI is InChI=1S/C16H13FN2O/c1-2-12-5-3-4-6-13(12)16(20)19-15-8-7-11(10-18)9-14(15)17/h3-9H,2H2,1H3,(H,19,20). The van der Waals surface area contributed by atoms with Crippen molar-refractivity contribution in [2.75, 3.05) is 5.32 Å². The van der Waals surface area contributed by atoms with Crippen molar-refractivity contribution >= 4 is 11.6 Å². The van der Waals surface area contributed by atoms with Crippen molar-refractivity contribution in [3.05, 3.63) is 65.0 Å². The molecule has 0 aliphatic rings. The van der Waals surface area contributed by atoms with Crippen LogP contribution in [0.5, 0.6) is 0 Å². The molecule has 0 saturated carbocycles. The summed E-state index contributed by atoms with van der Waals surface area (Å²) < 4.78 is 13.7. The van der Waals surface area contributed by atoms with Crippen molar-refractivity contribution in [1.82, 2.24) is 0 Å². The van der Waals surface area contributed by atoms with Crippen LogP contribution in [0.2, 0.25) is 0 Å². The lowest BCUT2D eigenvalue weighted by Gasteiger charge is -2.09. The van der Waals surface area contributed by atoms with Crippen LogP contribution in [0, 0.1) is 17.1 Å². The predicted octanol–water partition coefficient (Wildman–Crippen LogP) is 3.51. The van der Waals surface area contributed by atoms with Crippen LogP contribution in [0.15, 0.2) is 42.5 Å². The molecule has 0 aliphatic heterocycles. The van der Waals surface area contributed by atoms with Crippen LogP contribution < -0.4 is 5.32 Å². The zero-order chi connectivity index (χ0) is 14.5. The van der Waals surface area contributed by atoms with Crippen LogP contribution >= 0.6 is 0 Å². The highest BCUT2D eigenvalue weighted by molar-refractivity contribution is 6.05. The average molecular weight is 268 g/mol. The topological polar surface area (TPSA) is 52.9 Å². The highest BCUT2D eigenvalue weighted by atomic mass is 19.1. The molecule has 0 radical (unpaired) electrons. The molecular weight excluding hydrogens is 255 g/mol. The third kappa shape index (κ3) is 2.83. The van der Waals surface area contributed by atoms with Crippen molar-refractivity contribution in [2.45, 2.75) is 13.3 Å². The summed E-state index contributed by atoms with van der Waals surface area (Å²) in [6.07, 6.45) is 0.722. The van der Waals surface area contributed by atoms with Gasteiger partial charge in [0.05, 0.1) is 17.3 Å². The van der Waals surface area contributed by atoms with E-state index in [2.05, 4.69) is 5.32 Å². The summed E-state index contributed by atoms with van der Waals surface area (Å²) in [4.78, 5) is 12.2. The normalized spacial score (nSPS) is 9.85. The van der Waals surface area contributed by atoms with Gasteiger partial charge in [-0.25, -0.2) is 4.39 Å². The molecule has 0 aliphatic carbocycles. The van der Waals surface area contributed by atoms with Gasteiger partial charge in [-0.1, -0.05) is 25.1 Å². The van der Waals surface area contributed by atoms with E-state index in [-0.39, 0.29) is 17.2 Å². The molecule has 0 atom stereocenters. The molecule has 4 heteroatoms. The van der Waals surface area contributed by atoms with Crippen LogP contribution in [-0.2, 0) is 6.42 Å². The molecule has 0 fully saturated rings. The molecular formula is C16H13FN2O. The molecule has 0 saturated heterocycles. The fourth-order valence-corrected chi connectivity index (χ4v) is 1.93. The summed E-state index contributed by atoms with van der Waals surface area (Å²) in [5.74, 6) is -0.975. The molecule has 0 unspecified atom stereocenters. The largest absolute Gasteiger partial charge is 0.319 e. The number of nitriles is 1. The lowest BCUT2D eigenvalue weighted by Crippen LogP contribution is -2.15. The second-order valence-electron chi connectivity index (χ2n) is 4.27. The molecule has 100 valence electrons. The summed E-state index contributed by atoms with van der Waals surface area (Å²) in [5, 5.41) is 11.2. The highest BCUT2D eigenvalue weighted by Gasteiger charge is 2.12. The summed E-state index contributed by atoms with van der Waals surface area (Å²) >= 11 is 0. The first-order valence-electron chi connectivity index (χ1n) is 6.24. The molecule has 20 heavy (non-hydrogen) atoms. The minimum absolute atomic E-state index is 0.0694. The molecule has 1 amide bonds. The van der Waals surface area contributed by atoms with Crippen molar-refractivity contribution < 1.29 is 9.18 Å². The first-order valence-corrected chi connectivity index (χ1v) is 6.24. The SMILES string of the molecule is CCc1ccccc1C(=O)Nc1ccc(C#N)cc1F. The molecule has 3 nitrogen and oxygen atoms in total. The second-order valence-corrected chi connectivity index (χ2v) is 4.27. The molecule has 2 rings (SSSR count). The zero-order valence-corrected chi connectivity index (χ0v) is 11.0. The number of anilines is 1. The Morgan fingerprint density at radius 1 is 1.30 bits per heavy atom. The quantitative estimate of drug-likeness (QED) is 0.926. The smallest absolute Gasteiger partial charge is 0.256 e. The number of benzene rings is 2. The number of hydrogen-bond donors (Lipinski definition) is 1. The van der Waals surface area contributed by atoms with Gasteiger partial charge in [-0.2, -0.15) is 5.26 Å². The molecule has 0 aromatic heterocycles. The molecule has 0 heterocycles. The Hall–Kier alpha value is -2.67. The van der Waals surface area contributed by atoms with Gasteiger partial charge in [0.15, 0.2) is 0 Å². The Morgan fingerprint density at radius 3 is 2.70 bits per heavy atom. The minimum atomic E-state index is -0.619. The maximum Gasteiger partial charge on any atom is 0.256 e. The van der Waals surface area contributed by atoms with Crippen molar-refractivity contribution in [2.24, 2.45) is 0 Å². The van der Waals surface area contributed by atoms with Crippen LogP contribution in [0.4, 0.5) is 10.1 Å². The minimum Gasteiger partial charge on any atom is -0.319 e. The van der Waals surface area contributed by atoms with Crippen LogP contribution in [0.3, 0.4) is 0 Å². The van der Waals surface area contributed by atoms with Gasteiger partial charge < -0.3 is 5.32 Å².